The molecule has 0 unspecified atom stereocenters. The second-order valence-electron chi connectivity index (χ2n) is 17.6. The smallest absolute Gasteiger partial charge is 0.303 e. The molecule has 0 saturated carbocycles. The number of para-hydroxylation sites is 1. The number of aldehydes is 1. The Labute approximate surface area is 441 Å². The number of esters is 1. The van der Waals surface area contributed by atoms with Crippen molar-refractivity contribution in [3.05, 3.63) is 222 Å². The molecule has 0 fully saturated rings. The van der Waals surface area contributed by atoms with Crippen LogP contribution in [-0.4, -0.2) is 67.2 Å². The van der Waals surface area contributed by atoms with Gasteiger partial charge in [-0.15, -0.1) is 0 Å². The van der Waals surface area contributed by atoms with Crippen molar-refractivity contribution in [3.63, 3.8) is 0 Å². The number of benzene rings is 6. The van der Waals surface area contributed by atoms with Gasteiger partial charge in [-0.2, -0.15) is 15.3 Å². The summed E-state index contributed by atoms with van der Waals surface area (Å²) < 4.78 is 38.7. The summed E-state index contributed by atoms with van der Waals surface area (Å²) in [4.78, 5) is 21.9. The molecule has 1 N–H and O–H groups in total. The number of furan rings is 3. The highest BCUT2D eigenvalue weighted by Crippen LogP contribution is 2.34. The summed E-state index contributed by atoms with van der Waals surface area (Å²) in [5.74, 6) is 4.38. The van der Waals surface area contributed by atoms with Crippen LogP contribution in [0.5, 0.6) is 11.5 Å². The Kier molecular flexibility index (Phi) is 15.2. The number of ether oxygens (including phenoxy) is 3. The van der Waals surface area contributed by atoms with E-state index in [1.165, 1.54) is 18.7 Å². The molecule has 0 atom stereocenters. The second kappa shape index (κ2) is 23.3. The van der Waals surface area contributed by atoms with E-state index in [4.69, 9.17) is 48.0 Å². The average Bonchev–Trinajstić information content (AvgIpc) is 4.38. The number of hydrogen-bond donors (Lipinski definition) is 1. The highest BCUT2D eigenvalue weighted by atomic mass is 16.5. The van der Waals surface area contributed by atoms with E-state index in [0.717, 1.165) is 66.7 Å². The maximum absolute atomic E-state index is 11.0. The minimum absolute atomic E-state index is 0.103. The molecular weight excluding hydrogens is 975 g/mol. The van der Waals surface area contributed by atoms with Gasteiger partial charge < -0.3 is 32.7 Å². The van der Waals surface area contributed by atoms with Crippen LogP contribution < -0.4 is 9.47 Å². The summed E-state index contributed by atoms with van der Waals surface area (Å²) in [7, 11) is 3.29. The van der Waals surface area contributed by atoms with Crippen LogP contribution >= 0.6 is 0 Å². The first-order valence-corrected chi connectivity index (χ1v) is 24.5. The molecule has 0 spiro atoms. The Morgan fingerprint density at radius 3 is 1.42 bits per heavy atom. The van der Waals surface area contributed by atoms with Crippen molar-refractivity contribution in [2.75, 3.05) is 14.2 Å². The lowest BCUT2D eigenvalue weighted by atomic mass is 10.1. The van der Waals surface area contributed by atoms with Crippen LogP contribution in [0.3, 0.4) is 0 Å². The lowest BCUT2D eigenvalue weighted by molar-refractivity contribution is -0.142. The van der Waals surface area contributed by atoms with Crippen molar-refractivity contribution in [2.24, 2.45) is 5.16 Å². The predicted octanol–water partition coefficient (Wildman–Crippen LogP) is 12.7. The molecule has 6 heterocycles. The molecule has 0 radical (unpaired) electrons. The topological polar surface area (TPSA) is 187 Å². The predicted molar refractivity (Wildman–Crippen MR) is 292 cm³/mol. The Balaban J connectivity index is 0.000000131. The van der Waals surface area contributed by atoms with Gasteiger partial charge in [0.25, 0.3) is 0 Å². The van der Waals surface area contributed by atoms with Crippen molar-refractivity contribution in [1.82, 2.24) is 29.3 Å². The van der Waals surface area contributed by atoms with E-state index in [9.17, 15) is 9.59 Å². The molecule has 12 rings (SSSR count). The number of fused-ring (bicyclic) bond motifs is 3. The van der Waals surface area contributed by atoms with Crippen LogP contribution in [0.4, 0.5) is 0 Å². The normalized spacial score (nSPS) is 11.1. The first kappa shape index (κ1) is 50.3. The zero-order valence-corrected chi connectivity index (χ0v) is 42.2. The molecule has 0 aliphatic carbocycles. The van der Waals surface area contributed by atoms with Crippen LogP contribution in [0.15, 0.2) is 206 Å². The highest BCUT2D eigenvalue weighted by Gasteiger charge is 2.20. The van der Waals surface area contributed by atoms with E-state index in [-0.39, 0.29) is 18.3 Å². The van der Waals surface area contributed by atoms with E-state index in [1.54, 1.807) is 38.5 Å². The van der Waals surface area contributed by atoms with Crippen LogP contribution in [0, 0.1) is 0 Å². The van der Waals surface area contributed by atoms with E-state index in [1.807, 2.05) is 141 Å². The van der Waals surface area contributed by atoms with Gasteiger partial charge in [0.1, 0.15) is 52.9 Å². The van der Waals surface area contributed by atoms with E-state index < -0.39 is 0 Å². The molecule has 384 valence electrons. The van der Waals surface area contributed by atoms with Crippen molar-refractivity contribution >= 4 is 51.2 Å². The molecule has 0 aliphatic rings. The molecule has 16 heteroatoms. The standard InChI is InChI=1S/C22H20N2O4.C20H16N2O3.C19H15N3O2/c1-15(25)27-14-18-9-11-21(28-18)22-19-10-8-17(26-2)12-20(19)24(23-22)13-16-6-4-3-5-7-16;1-24-15-7-9-17-18(11-15)22(12-14-5-3-2-4-6-14)21-20(17)19-10-8-16(13-23)25-19;23-20-12-15-10-11-18(24-15)19-16-8-4-5-9-17(16)22(21-19)13-14-6-2-1-3-7-14/h3-12H,13-14H2,1-2H3;2-11,13H,12H2,1H3;1-12,23H,13H2. The largest absolute Gasteiger partial charge is 0.497 e. The fourth-order valence-electron chi connectivity index (χ4n) is 8.77. The number of aromatic nitrogens is 6. The minimum atomic E-state index is -0.345. The van der Waals surface area contributed by atoms with Crippen molar-refractivity contribution in [2.45, 2.75) is 33.2 Å². The Hall–Kier alpha value is -10.2. The summed E-state index contributed by atoms with van der Waals surface area (Å²) in [5, 5.41) is 28.8. The number of nitrogens with zero attached hydrogens (tertiary/aromatic N) is 7. The first-order valence-electron chi connectivity index (χ1n) is 24.5. The Bertz CT molecular complexity index is 3960. The lowest BCUT2D eigenvalue weighted by Gasteiger charge is -2.05. The number of carbonyl (C=O) groups excluding carboxylic acids is 2. The fraction of sp³-hybridized carbons (Fsp3) is 0.115. The van der Waals surface area contributed by atoms with Crippen molar-refractivity contribution < 1.29 is 42.3 Å². The van der Waals surface area contributed by atoms with Crippen LogP contribution in [-0.2, 0) is 35.8 Å². The quantitative estimate of drug-likeness (QED) is 0.0337. The molecule has 0 saturated heterocycles. The number of rotatable bonds is 15. The summed E-state index contributed by atoms with van der Waals surface area (Å²) in [6.07, 6.45) is 1.95. The molecule has 6 aromatic heterocycles. The van der Waals surface area contributed by atoms with Gasteiger partial charge in [0.15, 0.2) is 29.3 Å². The maximum Gasteiger partial charge on any atom is 0.303 e. The Morgan fingerprint density at radius 2 is 0.948 bits per heavy atom. The summed E-state index contributed by atoms with van der Waals surface area (Å²) in [6, 6.07) is 60.8. The summed E-state index contributed by atoms with van der Waals surface area (Å²) in [5.41, 5.74) is 8.65. The molecule has 6 aromatic carbocycles. The van der Waals surface area contributed by atoms with Crippen molar-refractivity contribution in [3.8, 4) is 45.9 Å². The first-order chi connectivity index (χ1) is 37.8. The van der Waals surface area contributed by atoms with Gasteiger partial charge in [-0.05, 0) is 83.4 Å². The minimum Gasteiger partial charge on any atom is -0.497 e. The highest BCUT2D eigenvalue weighted by molar-refractivity contribution is 5.95. The number of carbonyl (C=O) groups is 2. The fourth-order valence-corrected chi connectivity index (χ4v) is 8.77. The summed E-state index contributed by atoms with van der Waals surface area (Å²) >= 11 is 0. The van der Waals surface area contributed by atoms with Crippen LogP contribution in [0.1, 0.15) is 45.7 Å². The molecule has 12 aromatic rings. The molecule has 0 amide bonds. The second-order valence-corrected chi connectivity index (χ2v) is 17.6. The van der Waals surface area contributed by atoms with E-state index in [0.29, 0.717) is 60.4 Å². The lowest BCUT2D eigenvalue weighted by Crippen LogP contribution is -2.01. The third-order valence-corrected chi connectivity index (χ3v) is 12.4. The zero-order valence-electron chi connectivity index (χ0n) is 42.2. The van der Waals surface area contributed by atoms with Gasteiger partial charge in [0, 0.05) is 35.2 Å². The van der Waals surface area contributed by atoms with Gasteiger partial charge in [0.2, 0.25) is 0 Å². The monoisotopic (exact) mass is 1030 g/mol. The molecule has 0 aliphatic heterocycles. The number of hydrogen-bond acceptors (Lipinski definition) is 13. The van der Waals surface area contributed by atoms with Gasteiger partial charge in [-0.3, -0.25) is 23.6 Å². The van der Waals surface area contributed by atoms with Gasteiger partial charge in [-0.25, -0.2) is 0 Å². The third-order valence-electron chi connectivity index (χ3n) is 12.4. The van der Waals surface area contributed by atoms with Crippen molar-refractivity contribution in [1.29, 1.82) is 0 Å². The number of methoxy groups -OCH3 is 2. The molecular formula is C61H51N7O9. The van der Waals surface area contributed by atoms with Gasteiger partial charge in [0.05, 0.1) is 50.4 Å². The van der Waals surface area contributed by atoms with Crippen LogP contribution in [0.25, 0.3) is 67.1 Å². The molecule has 16 nitrogen and oxygen atoms in total. The van der Waals surface area contributed by atoms with E-state index >= 15 is 0 Å². The van der Waals surface area contributed by atoms with Gasteiger partial charge >= 0.3 is 5.97 Å². The molecule has 77 heavy (non-hydrogen) atoms. The third kappa shape index (κ3) is 11.6. The SMILES string of the molecule is COc1ccc2c(-c3ccc(C=O)o3)nn(Cc3ccccc3)c2c1.COc1ccc2c(-c3ccc(COC(C)=O)o3)nn(Cc3ccccc3)c2c1.ON=Cc1ccc(-c2nn(Cc3ccccc3)c3ccccc23)o1. The molecule has 0 bridgehead atoms. The number of oxime groups is 1. The van der Waals surface area contributed by atoms with E-state index in [2.05, 4.69) is 41.6 Å². The maximum atomic E-state index is 11.0. The summed E-state index contributed by atoms with van der Waals surface area (Å²) in [6.45, 7) is 3.42. The average molecular weight is 1030 g/mol. The Morgan fingerprint density at radius 1 is 0.519 bits per heavy atom. The van der Waals surface area contributed by atoms with Crippen LogP contribution in [0.2, 0.25) is 0 Å². The van der Waals surface area contributed by atoms with Gasteiger partial charge in [-0.1, -0.05) is 114 Å². The zero-order chi connectivity index (χ0) is 53.1.